The highest BCUT2D eigenvalue weighted by Crippen LogP contribution is 2.25. The third-order valence-corrected chi connectivity index (χ3v) is 4.50. The van der Waals surface area contributed by atoms with Crippen LogP contribution in [0, 0.1) is 11.7 Å². The van der Waals surface area contributed by atoms with E-state index in [4.69, 9.17) is 0 Å². The Kier molecular flexibility index (Phi) is 5.33. The van der Waals surface area contributed by atoms with E-state index in [-0.39, 0.29) is 5.56 Å². The molecule has 4 nitrogen and oxygen atoms in total. The highest BCUT2D eigenvalue weighted by molar-refractivity contribution is 9.10. The van der Waals surface area contributed by atoms with Crippen molar-refractivity contribution < 1.29 is 19.1 Å². The number of hydrogen-bond acceptors (Lipinski definition) is 2. The van der Waals surface area contributed by atoms with Gasteiger partial charge in [-0.05, 0) is 40.9 Å². The van der Waals surface area contributed by atoms with E-state index in [0.717, 1.165) is 19.3 Å². The van der Waals surface area contributed by atoms with Crippen LogP contribution in [0.25, 0.3) is 0 Å². The lowest BCUT2D eigenvalue weighted by atomic mass is 9.94. The third kappa shape index (κ3) is 3.81. The summed E-state index contributed by atoms with van der Waals surface area (Å²) in [6.45, 7) is 0. The molecule has 21 heavy (non-hydrogen) atoms. The van der Waals surface area contributed by atoms with E-state index in [9.17, 15) is 19.1 Å². The minimum atomic E-state index is -0.908. The number of hydrogen-bond donors (Lipinski definition) is 2. The molecule has 2 unspecified atom stereocenters. The summed E-state index contributed by atoms with van der Waals surface area (Å²) in [6.07, 6.45) is 3.81. The van der Waals surface area contributed by atoms with Crippen LogP contribution in [0.2, 0.25) is 0 Å². The Morgan fingerprint density at radius 1 is 1.24 bits per heavy atom. The number of carbonyl (C=O) groups is 2. The largest absolute Gasteiger partial charge is 0.481 e. The molecule has 1 aliphatic rings. The van der Waals surface area contributed by atoms with Crippen LogP contribution in [0.5, 0.6) is 0 Å². The molecule has 0 aliphatic heterocycles. The van der Waals surface area contributed by atoms with Gasteiger partial charge in [-0.3, -0.25) is 9.59 Å². The summed E-state index contributed by atoms with van der Waals surface area (Å²) < 4.78 is 14.1. The zero-order valence-corrected chi connectivity index (χ0v) is 13.0. The minimum Gasteiger partial charge on any atom is -0.481 e. The van der Waals surface area contributed by atoms with Gasteiger partial charge in [-0.1, -0.05) is 25.3 Å². The molecule has 2 N–H and O–H groups in total. The number of rotatable bonds is 3. The van der Waals surface area contributed by atoms with Gasteiger partial charge >= 0.3 is 5.97 Å². The van der Waals surface area contributed by atoms with Gasteiger partial charge in [0, 0.05) is 10.5 Å². The summed E-state index contributed by atoms with van der Waals surface area (Å²) >= 11 is 3.15. The van der Waals surface area contributed by atoms with Crippen molar-refractivity contribution in [2.24, 2.45) is 5.92 Å². The molecular weight excluding hydrogens is 341 g/mol. The molecule has 114 valence electrons. The second kappa shape index (κ2) is 7.02. The fourth-order valence-corrected chi connectivity index (χ4v) is 3.25. The van der Waals surface area contributed by atoms with E-state index < -0.39 is 29.7 Å². The minimum absolute atomic E-state index is 0.0779. The Morgan fingerprint density at radius 3 is 2.62 bits per heavy atom. The quantitative estimate of drug-likeness (QED) is 0.815. The van der Waals surface area contributed by atoms with E-state index >= 15 is 0 Å². The Hall–Kier alpha value is -1.43. The zero-order valence-electron chi connectivity index (χ0n) is 11.4. The van der Waals surface area contributed by atoms with Crippen molar-refractivity contribution in [2.45, 2.75) is 38.1 Å². The van der Waals surface area contributed by atoms with Crippen molar-refractivity contribution in [2.75, 3.05) is 0 Å². The molecule has 0 heterocycles. The summed E-state index contributed by atoms with van der Waals surface area (Å²) in [5, 5.41) is 12.0. The molecule has 1 aromatic carbocycles. The van der Waals surface area contributed by atoms with Crippen LogP contribution in [0.1, 0.15) is 42.5 Å². The van der Waals surface area contributed by atoms with Gasteiger partial charge in [-0.2, -0.15) is 0 Å². The summed E-state index contributed by atoms with van der Waals surface area (Å²) in [6, 6.07) is 3.84. The first-order chi connectivity index (χ1) is 10.0. The van der Waals surface area contributed by atoms with Gasteiger partial charge < -0.3 is 10.4 Å². The van der Waals surface area contributed by atoms with E-state index in [0.29, 0.717) is 17.3 Å². The number of benzene rings is 1. The molecule has 1 amide bonds. The Balaban J connectivity index is 2.18. The lowest BCUT2D eigenvalue weighted by Gasteiger charge is -2.23. The Bertz CT molecular complexity index is 529. The van der Waals surface area contributed by atoms with E-state index in [1.165, 1.54) is 12.1 Å². The number of aliphatic carboxylic acids is 1. The Morgan fingerprint density at radius 2 is 1.95 bits per heavy atom. The highest BCUT2D eigenvalue weighted by atomic mass is 79.9. The molecule has 0 spiro atoms. The predicted octanol–water partition coefficient (Wildman–Crippen LogP) is 3.35. The highest BCUT2D eigenvalue weighted by Gasteiger charge is 2.31. The first kappa shape index (κ1) is 15.9. The fourth-order valence-electron chi connectivity index (χ4n) is 2.73. The van der Waals surface area contributed by atoms with Crippen molar-refractivity contribution in [1.82, 2.24) is 5.32 Å². The second-order valence-electron chi connectivity index (χ2n) is 5.26. The second-order valence-corrected chi connectivity index (χ2v) is 6.11. The van der Waals surface area contributed by atoms with Crippen LogP contribution in [0.4, 0.5) is 4.39 Å². The van der Waals surface area contributed by atoms with Crippen LogP contribution < -0.4 is 5.32 Å². The number of carbonyl (C=O) groups excluding carboxylic acids is 1. The monoisotopic (exact) mass is 357 g/mol. The van der Waals surface area contributed by atoms with Crippen LogP contribution >= 0.6 is 15.9 Å². The maximum atomic E-state index is 13.8. The number of nitrogens with one attached hydrogen (secondary N) is 1. The third-order valence-electron chi connectivity index (χ3n) is 3.84. The normalized spacial score (nSPS) is 22.4. The standard InChI is InChI=1S/C15H17BrFNO3/c16-10-6-4-7-11(17)13(10)14(19)18-12-8-3-1-2-5-9(12)15(20)21/h4,6-7,9,12H,1-3,5,8H2,(H,18,19)(H,20,21). The van der Waals surface area contributed by atoms with E-state index in [1.807, 2.05) is 0 Å². The van der Waals surface area contributed by atoms with Crippen molar-refractivity contribution in [3.05, 3.63) is 34.1 Å². The maximum Gasteiger partial charge on any atom is 0.308 e. The molecule has 2 atom stereocenters. The molecule has 6 heteroatoms. The Labute approximate surface area is 130 Å². The van der Waals surface area contributed by atoms with Gasteiger partial charge in [0.25, 0.3) is 5.91 Å². The molecule has 0 bridgehead atoms. The zero-order chi connectivity index (χ0) is 15.4. The summed E-state index contributed by atoms with van der Waals surface area (Å²) in [5.41, 5.74) is -0.0779. The molecule has 1 aliphatic carbocycles. The molecule has 0 aromatic heterocycles. The summed E-state index contributed by atoms with van der Waals surface area (Å²) in [7, 11) is 0. The lowest BCUT2D eigenvalue weighted by molar-refractivity contribution is -0.142. The van der Waals surface area contributed by atoms with Gasteiger partial charge in [-0.25, -0.2) is 4.39 Å². The van der Waals surface area contributed by atoms with Gasteiger partial charge in [0.15, 0.2) is 0 Å². The average Bonchev–Trinajstić information content (AvgIpc) is 2.64. The first-order valence-electron chi connectivity index (χ1n) is 6.98. The molecule has 1 saturated carbocycles. The van der Waals surface area contributed by atoms with Crippen molar-refractivity contribution in [1.29, 1.82) is 0 Å². The van der Waals surface area contributed by atoms with Gasteiger partial charge in [-0.15, -0.1) is 0 Å². The molecule has 1 aromatic rings. The van der Waals surface area contributed by atoms with Crippen molar-refractivity contribution in [3.63, 3.8) is 0 Å². The maximum absolute atomic E-state index is 13.8. The van der Waals surface area contributed by atoms with Crippen LogP contribution in [-0.4, -0.2) is 23.0 Å². The van der Waals surface area contributed by atoms with Crippen LogP contribution in [0.15, 0.2) is 22.7 Å². The summed E-state index contributed by atoms with van der Waals surface area (Å²) in [5.74, 6) is -2.71. The van der Waals surface area contributed by atoms with Gasteiger partial charge in [0.2, 0.25) is 0 Å². The smallest absolute Gasteiger partial charge is 0.308 e. The average molecular weight is 358 g/mol. The van der Waals surface area contributed by atoms with Crippen LogP contribution in [-0.2, 0) is 4.79 Å². The van der Waals surface area contributed by atoms with E-state index in [1.54, 1.807) is 6.07 Å². The summed E-state index contributed by atoms with van der Waals surface area (Å²) in [4.78, 5) is 23.6. The number of carboxylic acid groups (broad SMARTS) is 1. The number of amides is 1. The molecule has 2 rings (SSSR count). The molecule has 1 fully saturated rings. The molecule has 0 saturated heterocycles. The van der Waals surface area contributed by atoms with E-state index in [2.05, 4.69) is 21.2 Å². The fraction of sp³-hybridized carbons (Fsp3) is 0.467. The van der Waals surface area contributed by atoms with Gasteiger partial charge in [0.1, 0.15) is 5.82 Å². The SMILES string of the molecule is O=C(NC1CCCCCC1C(=O)O)c1c(F)cccc1Br. The molecule has 0 radical (unpaired) electrons. The topological polar surface area (TPSA) is 66.4 Å². The predicted molar refractivity (Wildman–Crippen MR) is 79.6 cm³/mol. The number of halogens is 2. The van der Waals surface area contributed by atoms with Gasteiger partial charge in [0.05, 0.1) is 11.5 Å². The van der Waals surface area contributed by atoms with Crippen LogP contribution in [0.3, 0.4) is 0 Å². The molecular formula is C15H17BrFNO3. The van der Waals surface area contributed by atoms with Crippen molar-refractivity contribution >= 4 is 27.8 Å². The number of carboxylic acids is 1. The van der Waals surface area contributed by atoms with Crippen molar-refractivity contribution in [3.8, 4) is 0 Å². The first-order valence-corrected chi connectivity index (χ1v) is 7.77. The lowest BCUT2D eigenvalue weighted by Crippen LogP contribution is -2.43.